The zero-order valence-electron chi connectivity index (χ0n) is 9.37. The van der Waals surface area contributed by atoms with Gasteiger partial charge in [-0.1, -0.05) is 55.8 Å². The summed E-state index contributed by atoms with van der Waals surface area (Å²) in [5.74, 6) is 0. The third-order valence-corrected chi connectivity index (χ3v) is 3.36. The van der Waals surface area contributed by atoms with Crippen LogP contribution in [0.25, 0.3) is 6.08 Å². The largest absolute Gasteiger partial charge is 0.102 e. The summed E-state index contributed by atoms with van der Waals surface area (Å²) >= 11 is 0. The third kappa shape index (κ3) is 1.65. The SMILES string of the molecule is C=CC1(CCC)CC=Cc2ccccc21. The van der Waals surface area contributed by atoms with Gasteiger partial charge in [-0.2, -0.15) is 0 Å². The molecule has 0 radical (unpaired) electrons. The van der Waals surface area contributed by atoms with Gasteiger partial charge in [0.25, 0.3) is 0 Å². The van der Waals surface area contributed by atoms with Gasteiger partial charge in [-0.3, -0.25) is 0 Å². The van der Waals surface area contributed by atoms with Crippen molar-refractivity contribution in [3.63, 3.8) is 0 Å². The molecule has 0 nitrogen and oxygen atoms in total. The minimum Gasteiger partial charge on any atom is -0.102 e. The molecule has 15 heavy (non-hydrogen) atoms. The predicted molar refractivity (Wildman–Crippen MR) is 66.9 cm³/mol. The fraction of sp³-hybridized carbons (Fsp3) is 0.333. The minimum absolute atomic E-state index is 0.181. The van der Waals surface area contributed by atoms with Crippen molar-refractivity contribution < 1.29 is 0 Å². The molecule has 0 spiro atoms. The fourth-order valence-corrected chi connectivity index (χ4v) is 2.58. The highest BCUT2D eigenvalue weighted by atomic mass is 14.3. The predicted octanol–water partition coefficient (Wildman–Crippen LogP) is 4.33. The molecule has 0 N–H and O–H groups in total. The summed E-state index contributed by atoms with van der Waals surface area (Å²) in [6, 6.07) is 8.68. The number of allylic oxidation sites excluding steroid dienone is 2. The Hall–Kier alpha value is -1.30. The van der Waals surface area contributed by atoms with Crippen LogP contribution in [-0.4, -0.2) is 0 Å². The quantitative estimate of drug-likeness (QED) is 0.634. The Morgan fingerprint density at radius 2 is 2.20 bits per heavy atom. The lowest BCUT2D eigenvalue weighted by atomic mass is 9.70. The number of benzene rings is 1. The van der Waals surface area contributed by atoms with Crippen molar-refractivity contribution in [3.05, 3.63) is 54.1 Å². The van der Waals surface area contributed by atoms with Gasteiger partial charge in [0, 0.05) is 5.41 Å². The summed E-state index contributed by atoms with van der Waals surface area (Å²) in [4.78, 5) is 0. The van der Waals surface area contributed by atoms with E-state index in [1.807, 2.05) is 0 Å². The maximum absolute atomic E-state index is 4.04. The average Bonchev–Trinajstić information content (AvgIpc) is 2.30. The van der Waals surface area contributed by atoms with Crippen LogP contribution in [0.2, 0.25) is 0 Å². The van der Waals surface area contributed by atoms with E-state index in [4.69, 9.17) is 0 Å². The molecule has 0 amide bonds. The van der Waals surface area contributed by atoms with Crippen LogP contribution < -0.4 is 0 Å². The van der Waals surface area contributed by atoms with Gasteiger partial charge in [-0.25, -0.2) is 0 Å². The normalized spacial score (nSPS) is 23.5. The highest BCUT2D eigenvalue weighted by Gasteiger charge is 2.30. The number of fused-ring (bicyclic) bond motifs is 1. The van der Waals surface area contributed by atoms with E-state index in [9.17, 15) is 0 Å². The van der Waals surface area contributed by atoms with Crippen LogP contribution in [0, 0.1) is 0 Å². The molecule has 0 saturated heterocycles. The number of rotatable bonds is 3. The minimum atomic E-state index is 0.181. The molecular formula is C15H18. The maximum atomic E-state index is 4.04. The van der Waals surface area contributed by atoms with Gasteiger partial charge < -0.3 is 0 Å². The summed E-state index contributed by atoms with van der Waals surface area (Å²) in [5, 5.41) is 0. The van der Waals surface area contributed by atoms with E-state index in [-0.39, 0.29) is 5.41 Å². The van der Waals surface area contributed by atoms with Crippen LogP contribution in [-0.2, 0) is 5.41 Å². The first-order chi connectivity index (χ1) is 7.32. The van der Waals surface area contributed by atoms with Crippen LogP contribution in [0.3, 0.4) is 0 Å². The molecule has 1 atom stereocenters. The van der Waals surface area contributed by atoms with Gasteiger partial charge in [-0.05, 0) is 24.0 Å². The molecule has 0 aliphatic heterocycles. The lowest BCUT2D eigenvalue weighted by Crippen LogP contribution is -2.25. The Morgan fingerprint density at radius 3 is 2.93 bits per heavy atom. The summed E-state index contributed by atoms with van der Waals surface area (Å²) in [6.07, 6.45) is 10.1. The van der Waals surface area contributed by atoms with Gasteiger partial charge in [0.15, 0.2) is 0 Å². The van der Waals surface area contributed by atoms with Crippen molar-refractivity contribution in [3.8, 4) is 0 Å². The second kappa shape index (κ2) is 4.06. The molecule has 78 valence electrons. The average molecular weight is 198 g/mol. The standard InChI is InChI=1S/C15H18/c1-3-11-15(4-2)12-7-9-13-8-5-6-10-14(13)15/h4-10H,2-3,11-12H2,1H3. The summed E-state index contributed by atoms with van der Waals surface area (Å²) in [7, 11) is 0. The Kier molecular flexibility index (Phi) is 2.77. The van der Waals surface area contributed by atoms with E-state index in [1.165, 1.54) is 24.0 Å². The van der Waals surface area contributed by atoms with Crippen LogP contribution >= 0.6 is 0 Å². The van der Waals surface area contributed by atoms with Crippen LogP contribution in [0.15, 0.2) is 43.0 Å². The lowest BCUT2D eigenvalue weighted by molar-refractivity contribution is 0.485. The highest BCUT2D eigenvalue weighted by Crippen LogP contribution is 2.40. The van der Waals surface area contributed by atoms with Gasteiger partial charge in [0.05, 0.1) is 0 Å². The molecule has 0 aromatic heterocycles. The lowest BCUT2D eigenvalue weighted by Gasteiger charge is -2.34. The van der Waals surface area contributed by atoms with E-state index in [1.54, 1.807) is 0 Å². The van der Waals surface area contributed by atoms with Crippen molar-refractivity contribution >= 4 is 6.08 Å². The van der Waals surface area contributed by atoms with Gasteiger partial charge in [0.2, 0.25) is 0 Å². The zero-order valence-corrected chi connectivity index (χ0v) is 9.37. The van der Waals surface area contributed by atoms with Crippen molar-refractivity contribution in [1.82, 2.24) is 0 Å². The van der Waals surface area contributed by atoms with Gasteiger partial charge >= 0.3 is 0 Å². The molecule has 1 unspecified atom stereocenters. The molecule has 0 bridgehead atoms. The molecule has 1 aromatic rings. The van der Waals surface area contributed by atoms with Crippen LogP contribution in [0.5, 0.6) is 0 Å². The third-order valence-electron chi connectivity index (χ3n) is 3.36. The molecule has 0 fully saturated rings. The second-order valence-corrected chi connectivity index (χ2v) is 4.30. The molecule has 1 aromatic carbocycles. The van der Waals surface area contributed by atoms with E-state index < -0.39 is 0 Å². The first-order valence-electron chi connectivity index (χ1n) is 5.72. The number of hydrogen-bond donors (Lipinski definition) is 0. The van der Waals surface area contributed by atoms with E-state index in [0.717, 1.165) is 6.42 Å². The molecule has 2 rings (SSSR count). The van der Waals surface area contributed by atoms with Crippen molar-refractivity contribution in [1.29, 1.82) is 0 Å². The maximum Gasteiger partial charge on any atom is 0.0170 e. The molecule has 0 heteroatoms. The monoisotopic (exact) mass is 198 g/mol. The van der Waals surface area contributed by atoms with E-state index in [2.05, 4.69) is 56.0 Å². The second-order valence-electron chi connectivity index (χ2n) is 4.30. The van der Waals surface area contributed by atoms with Gasteiger partial charge in [0.1, 0.15) is 0 Å². The highest BCUT2D eigenvalue weighted by molar-refractivity contribution is 5.60. The number of hydrogen-bond acceptors (Lipinski definition) is 0. The molecular weight excluding hydrogens is 180 g/mol. The summed E-state index contributed by atoms with van der Waals surface area (Å²) < 4.78 is 0. The zero-order chi connectivity index (χ0) is 10.7. The Balaban J connectivity index is 2.51. The Bertz CT molecular complexity index is 387. The molecule has 1 aliphatic rings. The molecule has 1 aliphatic carbocycles. The molecule has 0 saturated carbocycles. The van der Waals surface area contributed by atoms with Crippen LogP contribution in [0.4, 0.5) is 0 Å². The Morgan fingerprint density at radius 1 is 1.40 bits per heavy atom. The Labute approximate surface area is 92.3 Å². The van der Waals surface area contributed by atoms with E-state index >= 15 is 0 Å². The fourth-order valence-electron chi connectivity index (χ4n) is 2.58. The summed E-state index contributed by atoms with van der Waals surface area (Å²) in [6.45, 7) is 6.28. The van der Waals surface area contributed by atoms with Crippen LogP contribution in [0.1, 0.15) is 37.3 Å². The first kappa shape index (κ1) is 10.2. The van der Waals surface area contributed by atoms with E-state index in [0.29, 0.717) is 0 Å². The smallest absolute Gasteiger partial charge is 0.0170 e. The summed E-state index contributed by atoms with van der Waals surface area (Å²) in [5.41, 5.74) is 2.99. The van der Waals surface area contributed by atoms with Crippen molar-refractivity contribution in [2.45, 2.75) is 31.6 Å². The van der Waals surface area contributed by atoms with Crippen molar-refractivity contribution in [2.24, 2.45) is 0 Å². The van der Waals surface area contributed by atoms with Crippen molar-refractivity contribution in [2.75, 3.05) is 0 Å². The first-order valence-corrected chi connectivity index (χ1v) is 5.72. The topological polar surface area (TPSA) is 0 Å². The molecule has 0 heterocycles. The van der Waals surface area contributed by atoms with Gasteiger partial charge in [-0.15, -0.1) is 6.58 Å².